The summed E-state index contributed by atoms with van der Waals surface area (Å²) in [6, 6.07) is 24.5. The predicted molar refractivity (Wildman–Crippen MR) is 125 cm³/mol. The van der Waals surface area contributed by atoms with Gasteiger partial charge in [0.2, 0.25) is 11.8 Å². The van der Waals surface area contributed by atoms with Crippen LogP contribution in [0.3, 0.4) is 0 Å². The van der Waals surface area contributed by atoms with Crippen molar-refractivity contribution in [2.24, 2.45) is 4.99 Å². The standard InChI is InChI=1S/C24H19N3O4S/c28-21(25-18-11-7-8-16(14-18)23(30)31)15-20-22(29)27(19-12-5-2-6-13-19)24(32-20)26-17-9-3-1-4-10-17/h1-14,20H,15H2,(H,25,28)(H,30,31)/t20-/m1/s1. The number of thioether (sulfide) groups is 1. The van der Waals surface area contributed by atoms with Gasteiger partial charge in [-0.2, -0.15) is 0 Å². The third-order valence-corrected chi connectivity index (χ3v) is 5.83. The van der Waals surface area contributed by atoms with E-state index in [4.69, 9.17) is 5.11 Å². The number of aliphatic imine (C=N–C) groups is 1. The number of hydrogen-bond acceptors (Lipinski definition) is 5. The fraction of sp³-hybridized carbons (Fsp3) is 0.0833. The topological polar surface area (TPSA) is 99.1 Å². The Hall–Kier alpha value is -3.91. The van der Waals surface area contributed by atoms with Gasteiger partial charge >= 0.3 is 5.97 Å². The van der Waals surface area contributed by atoms with E-state index in [1.165, 1.54) is 28.8 Å². The van der Waals surface area contributed by atoms with Crippen LogP contribution < -0.4 is 10.2 Å². The van der Waals surface area contributed by atoms with Gasteiger partial charge in [-0.15, -0.1) is 0 Å². The molecule has 7 nitrogen and oxygen atoms in total. The number of anilines is 2. The molecule has 2 amide bonds. The second kappa shape index (κ2) is 9.49. The minimum Gasteiger partial charge on any atom is -0.478 e. The van der Waals surface area contributed by atoms with Gasteiger partial charge in [0.25, 0.3) is 0 Å². The average Bonchev–Trinajstić information content (AvgIpc) is 3.09. The first-order valence-electron chi connectivity index (χ1n) is 9.84. The van der Waals surface area contributed by atoms with E-state index in [1.54, 1.807) is 12.1 Å². The zero-order chi connectivity index (χ0) is 22.5. The summed E-state index contributed by atoms with van der Waals surface area (Å²) in [7, 11) is 0. The molecule has 0 aliphatic carbocycles. The van der Waals surface area contributed by atoms with Gasteiger partial charge in [-0.05, 0) is 42.5 Å². The van der Waals surface area contributed by atoms with Crippen molar-refractivity contribution in [3.8, 4) is 0 Å². The van der Waals surface area contributed by atoms with Crippen molar-refractivity contribution in [2.45, 2.75) is 11.7 Å². The Kier molecular flexibility index (Phi) is 6.32. The van der Waals surface area contributed by atoms with Gasteiger partial charge in [0.05, 0.1) is 16.9 Å². The molecule has 1 fully saturated rings. The second-order valence-electron chi connectivity index (χ2n) is 6.98. The quantitative estimate of drug-likeness (QED) is 0.580. The Morgan fingerprint density at radius 2 is 1.66 bits per heavy atom. The summed E-state index contributed by atoms with van der Waals surface area (Å²) >= 11 is 1.23. The van der Waals surface area contributed by atoms with Crippen LogP contribution in [0.4, 0.5) is 17.1 Å². The number of nitrogens with zero attached hydrogens (tertiary/aromatic N) is 2. The lowest BCUT2D eigenvalue weighted by atomic mass is 10.2. The smallest absolute Gasteiger partial charge is 0.335 e. The molecule has 0 radical (unpaired) electrons. The molecule has 160 valence electrons. The number of carboxylic acids is 1. The Morgan fingerprint density at radius 3 is 2.34 bits per heavy atom. The van der Waals surface area contributed by atoms with E-state index >= 15 is 0 Å². The van der Waals surface area contributed by atoms with E-state index in [1.807, 2.05) is 60.7 Å². The highest BCUT2D eigenvalue weighted by atomic mass is 32.2. The third-order valence-electron chi connectivity index (χ3n) is 4.69. The van der Waals surface area contributed by atoms with Crippen LogP contribution in [0.15, 0.2) is 89.9 Å². The monoisotopic (exact) mass is 445 g/mol. The molecule has 1 aliphatic rings. The van der Waals surface area contributed by atoms with Crippen LogP contribution in [-0.2, 0) is 9.59 Å². The molecule has 0 aromatic heterocycles. The van der Waals surface area contributed by atoms with Gasteiger partial charge in [0.15, 0.2) is 5.17 Å². The Morgan fingerprint density at radius 1 is 0.969 bits per heavy atom. The Labute approximate surface area is 188 Å². The summed E-state index contributed by atoms with van der Waals surface area (Å²) in [4.78, 5) is 43.1. The summed E-state index contributed by atoms with van der Waals surface area (Å²) in [6.07, 6.45) is -0.0715. The summed E-state index contributed by atoms with van der Waals surface area (Å²) in [5, 5.41) is 11.6. The third kappa shape index (κ3) is 4.87. The molecule has 2 N–H and O–H groups in total. The summed E-state index contributed by atoms with van der Waals surface area (Å²) < 4.78 is 0. The highest BCUT2D eigenvalue weighted by Gasteiger charge is 2.40. The Bertz CT molecular complexity index is 1180. The molecule has 4 rings (SSSR count). The van der Waals surface area contributed by atoms with Crippen molar-refractivity contribution < 1.29 is 19.5 Å². The molecule has 3 aromatic rings. The first kappa shape index (κ1) is 21.3. The van der Waals surface area contributed by atoms with Crippen molar-refractivity contribution in [2.75, 3.05) is 10.2 Å². The van der Waals surface area contributed by atoms with Crippen molar-refractivity contribution in [3.63, 3.8) is 0 Å². The largest absolute Gasteiger partial charge is 0.478 e. The molecule has 1 saturated heterocycles. The first-order chi connectivity index (χ1) is 15.5. The van der Waals surface area contributed by atoms with E-state index in [0.717, 1.165) is 0 Å². The fourth-order valence-electron chi connectivity index (χ4n) is 3.21. The molecular formula is C24H19N3O4S. The average molecular weight is 446 g/mol. The van der Waals surface area contributed by atoms with Crippen LogP contribution in [0.2, 0.25) is 0 Å². The number of amides is 2. The maximum absolute atomic E-state index is 13.2. The molecule has 0 bridgehead atoms. The van der Waals surface area contributed by atoms with Crippen LogP contribution in [0.1, 0.15) is 16.8 Å². The van der Waals surface area contributed by atoms with Crippen molar-refractivity contribution in [3.05, 3.63) is 90.5 Å². The van der Waals surface area contributed by atoms with Crippen molar-refractivity contribution in [1.82, 2.24) is 0 Å². The molecule has 1 aliphatic heterocycles. The number of hydrogen-bond donors (Lipinski definition) is 2. The number of aromatic carboxylic acids is 1. The van der Waals surface area contributed by atoms with Crippen LogP contribution in [-0.4, -0.2) is 33.3 Å². The van der Waals surface area contributed by atoms with Gasteiger partial charge in [-0.25, -0.2) is 9.79 Å². The number of carbonyl (C=O) groups excluding carboxylic acids is 2. The number of carbonyl (C=O) groups is 3. The van der Waals surface area contributed by atoms with Crippen LogP contribution >= 0.6 is 11.8 Å². The molecule has 0 saturated carbocycles. The number of benzene rings is 3. The number of carboxylic acid groups (broad SMARTS) is 1. The fourth-order valence-corrected chi connectivity index (χ4v) is 4.37. The summed E-state index contributed by atoms with van der Waals surface area (Å²) in [6.45, 7) is 0. The molecule has 8 heteroatoms. The maximum atomic E-state index is 13.2. The summed E-state index contributed by atoms with van der Waals surface area (Å²) in [5.41, 5.74) is 1.82. The Balaban J connectivity index is 1.55. The summed E-state index contributed by atoms with van der Waals surface area (Å²) in [5.74, 6) is -1.69. The molecule has 0 spiro atoms. The second-order valence-corrected chi connectivity index (χ2v) is 8.15. The molecule has 32 heavy (non-hydrogen) atoms. The number of nitrogens with one attached hydrogen (secondary N) is 1. The van der Waals surface area contributed by atoms with Gasteiger partial charge < -0.3 is 10.4 Å². The van der Waals surface area contributed by atoms with Crippen molar-refractivity contribution >= 4 is 51.8 Å². The molecule has 1 atom stereocenters. The normalized spacial score (nSPS) is 16.9. The van der Waals surface area contributed by atoms with E-state index in [9.17, 15) is 14.4 Å². The van der Waals surface area contributed by atoms with E-state index in [0.29, 0.717) is 22.2 Å². The van der Waals surface area contributed by atoms with Crippen LogP contribution in [0.25, 0.3) is 0 Å². The highest BCUT2D eigenvalue weighted by Crippen LogP contribution is 2.35. The number of para-hydroxylation sites is 2. The molecule has 0 unspecified atom stereocenters. The van der Waals surface area contributed by atoms with Gasteiger partial charge in [-0.3, -0.25) is 14.5 Å². The highest BCUT2D eigenvalue weighted by molar-refractivity contribution is 8.16. The van der Waals surface area contributed by atoms with Crippen LogP contribution in [0, 0.1) is 0 Å². The lowest BCUT2D eigenvalue weighted by Crippen LogP contribution is -2.33. The lowest BCUT2D eigenvalue weighted by Gasteiger charge is -2.16. The predicted octanol–water partition coefficient (Wildman–Crippen LogP) is 4.55. The van der Waals surface area contributed by atoms with E-state index in [-0.39, 0.29) is 23.8 Å². The zero-order valence-electron chi connectivity index (χ0n) is 16.8. The van der Waals surface area contributed by atoms with Crippen molar-refractivity contribution in [1.29, 1.82) is 0 Å². The molecule has 3 aromatic carbocycles. The molecular weight excluding hydrogens is 426 g/mol. The van der Waals surface area contributed by atoms with Gasteiger partial charge in [0.1, 0.15) is 5.25 Å². The SMILES string of the molecule is O=C(C[C@H]1SC(=Nc2ccccc2)N(c2ccccc2)C1=O)Nc1cccc(C(=O)O)c1. The minimum atomic E-state index is -1.08. The van der Waals surface area contributed by atoms with Gasteiger partial charge in [0, 0.05) is 12.1 Å². The number of amidine groups is 1. The van der Waals surface area contributed by atoms with E-state index < -0.39 is 11.2 Å². The van der Waals surface area contributed by atoms with Crippen LogP contribution in [0.5, 0.6) is 0 Å². The maximum Gasteiger partial charge on any atom is 0.335 e. The first-order valence-corrected chi connectivity index (χ1v) is 10.7. The van der Waals surface area contributed by atoms with Gasteiger partial charge in [-0.1, -0.05) is 54.2 Å². The molecule has 1 heterocycles. The van der Waals surface area contributed by atoms with E-state index in [2.05, 4.69) is 10.3 Å². The minimum absolute atomic E-state index is 0.0710. The number of rotatable bonds is 6. The lowest BCUT2D eigenvalue weighted by molar-refractivity contribution is -0.121. The zero-order valence-corrected chi connectivity index (χ0v) is 17.7.